The maximum Gasteiger partial charge on any atom is 0.378 e. The molecule has 0 bridgehead atoms. The summed E-state index contributed by atoms with van der Waals surface area (Å²) >= 11 is 0. The van der Waals surface area contributed by atoms with Crippen LogP contribution in [-0.4, -0.2) is 12.2 Å². The maximum atomic E-state index is 4.80. The Balaban J connectivity index is 2.07. The SMILES string of the molecule is C1=[N+]OC(C2CC2)=N1. The van der Waals surface area contributed by atoms with Crippen LogP contribution in [0.1, 0.15) is 12.8 Å². The Morgan fingerprint density at radius 1 is 1.75 bits per heavy atom. The van der Waals surface area contributed by atoms with Gasteiger partial charge in [0.1, 0.15) is 0 Å². The first-order valence-corrected chi connectivity index (χ1v) is 2.73. The number of nitrogens with zero attached hydrogens (tertiary/aromatic N) is 2. The minimum atomic E-state index is 0.595. The number of hydrogen-bond donors (Lipinski definition) is 0. The molecule has 0 N–H and O–H groups in total. The van der Waals surface area contributed by atoms with E-state index in [1.54, 1.807) is 0 Å². The van der Waals surface area contributed by atoms with Gasteiger partial charge in [-0.05, 0) is 17.8 Å². The highest BCUT2D eigenvalue weighted by Crippen LogP contribution is 2.30. The van der Waals surface area contributed by atoms with Crippen LogP contribution in [0.2, 0.25) is 0 Å². The number of rotatable bonds is 1. The first kappa shape index (κ1) is 4.06. The Bertz CT molecular complexity index is 158. The van der Waals surface area contributed by atoms with E-state index < -0.39 is 0 Å². The highest BCUT2D eigenvalue weighted by atomic mass is 16.6. The molecule has 0 atom stereocenters. The van der Waals surface area contributed by atoms with Crippen LogP contribution in [0.3, 0.4) is 0 Å². The third kappa shape index (κ3) is 0.510. The van der Waals surface area contributed by atoms with Crippen molar-refractivity contribution in [3.8, 4) is 0 Å². The van der Waals surface area contributed by atoms with Crippen molar-refractivity contribution in [2.75, 3.05) is 0 Å². The lowest BCUT2D eigenvalue weighted by molar-refractivity contribution is 0.269. The van der Waals surface area contributed by atoms with Gasteiger partial charge in [0.05, 0.1) is 5.92 Å². The van der Waals surface area contributed by atoms with Gasteiger partial charge in [-0.15, -0.1) is 0 Å². The average Bonchev–Trinajstić information content (AvgIpc) is 2.49. The predicted octanol–water partition coefficient (Wildman–Crippen LogP) is 0.104. The molecule has 8 heavy (non-hydrogen) atoms. The Hall–Kier alpha value is -0.860. The Morgan fingerprint density at radius 2 is 2.62 bits per heavy atom. The Kier molecular flexibility index (Phi) is 0.664. The lowest BCUT2D eigenvalue weighted by Gasteiger charge is -1.78. The standard InChI is InChI=1S/C5H6N2O/c1-2-4(1)5-6-3-7-8-5/h3-4H,1-2H2/q+1. The predicted molar refractivity (Wildman–Crippen MR) is 29.4 cm³/mol. The number of hydrogen-bond acceptors (Lipinski definition) is 3. The second-order valence-corrected chi connectivity index (χ2v) is 2.05. The second-order valence-electron chi connectivity index (χ2n) is 2.05. The van der Waals surface area contributed by atoms with Gasteiger partial charge in [-0.1, -0.05) is 0 Å². The van der Waals surface area contributed by atoms with Crippen LogP contribution in [0, 0.1) is 5.92 Å². The van der Waals surface area contributed by atoms with E-state index in [1.807, 2.05) is 0 Å². The highest BCUT2D eigenvalue weighted by Gasteiger charge is 2.36. The van der Waals surface area contributed by atoms with Crippen LogP contribution in [0.4, 0.5) is 0 Å². The van der Waals surface area contributed by atoms with E-state index in [2.05, 4.69) is 10.1 Å². The summed E-state index contributed by atoms with van der Waals surface area (Å²) in [6, 6.07) is 0. The summed E-state index contributed by atoms with van der Waals surface area (Å²) in [4.78, 5) is 8.70. The molecule has 0 saturated heterocycles. The maximum absolute atomic E-state index is 4.80. The summed E-state index contributed by atoms with van der Waals surface area (Å²) in [7, 11) is 0. The zero-order valence-electron chi connectivity index (χ0n) is 4.37. The van der Waals surface area contributed by atoms with E-state index in [0.29, 0.717) is 5.92 Å². The molecule has 3 nitrogen and oxygen atoms in total. The van der Waals surface area contributed by atoms with Gasteiger partial charge >= 0.3 is 12.2 Å². The Labute approximate surface area is 47.0 Å². The van der Waals surface area contributed by atoms with Crippen LogP contribution < -0.4 is 5.16 Å². The fourth-order valence-corrected chi connectivity index (χ4v) is 0.692. The summed E-state index contributed by atoms with van der Waals surface area (Å²) in [6.45, 7) is 0. The zero-order chi connectivity index (χ0) is 5.40. The normalized spacial score (nSPS) is 25.2. The molecule has 0 spiro atoms. The van der Waals surface area contributed by atoms with E-state index in [4.69, 9.17) is 4.84 Å². The van der Waals surface area contributed by atoms with Gasteiger partial charge in [-0.3, -0.25) is 0 Å². The number of oxime groups is 1. The molecular weight excluding hydrogens is 104 g/mol. The van der Waals surface area contributed by atoms with Gasteiger partial charge < -0.3 is 0 Å². The van der Waals surface area contributed by atoms with Crippen LogP contribution in [0.15, 0.2) is 4.99 Å². The van der Waals surface area contributed by atoms with Crippen molar-refractivity contribution in [2.45, 2.75) is 12.8 Å². The minimum Gasteiger partial charge on any atom is -0.214 e. The van der Waals surface area contributed by atoms with E-state index in [9.17, 15) is 0 Å². The molecule has 0 aromatic carbocycles. The molecule has 0 amide bonds. The van der Waals surface area contributed by atoms with Gasteiger partial charge in [-0.2, -0.15) is 0 Å². The molecule has 0 aromatic heterocycles. The van der Waals surface area contributed by atoms with Gasteiger partial charge in [-0.25, -0.2) is 4.84 Å². The molecule has 1 fully saturated rings. The average molecular weight is 110 g/mol. The molecule has 41 valence electrons. The van der Waals surface area contributed by atoms with Crippen molar-refractivity contribution < 1.29 is 4.84 Å². The topological polar surface area (TPSA) is 35.7 Å². The van der Waals surface area contributed by atoms with E-state index in [1.165, 1.54) is 19.2 Å². The summed E-state index contributed by atoms with van der Waals surface area (Å²) in [5.74, 6) is 1.41. The fourth-order valence-electron chi connectivity index (χ4n) is 0.692. The molecule has 1 aliphatic heterocycles. The van der Waals surface area contributed by atoms with E-state index >= 15 is 0 Å². The molecule has 0 aromatic rings. The molecule has 1 heterocycles. The molecule has 1 saturated carbocycles. The van der Waals surface area contributed by atoms with Crippen LogP contribution in [0.5, 0.6) is 0 Å². The highest BCUT2D eigenvalue weighted by molar-refractivity contribution is 5.89. The summed E-state index contributed by atoms with van der Waals surface area (Å²) < 4.78 is 0. The largest absolute Gasteiger partial charge is 0.378 e. The quantitative estimate of drug-likeness (QED) is 0.471. The van der Waals surface area contributed by atoms with Crippen LogP contribution >= 0.6 is 0 Å². The smallest absolute Gasteiger partial charge is 0.214 e. The molecule has 2 rings (SSSR count). The van der Waals surface area contributed by atoms with Crippen molar-refractivity contribution in [3.63, 3.8) is 0 Å². The second kappa shape index (κ2) is 1.31. The van der Waals surface area contributed by atoms with Crippen molar-refractivity contribution in [2.24, 2.45) is 10.9 Å². The van der Waals surface area contributed by atoms with Gasteiger partial charge in [0.2, 0.25) is 0 Å². The molecule has 0 unspecified atom stereocenters. The lowest BCUT2D eigenvalue weighted by Crippen LogP contribution is -2.01. The van der Waals surface area contributed by atoms with Crippen molar-refractivity contribution in [3.05, 3.63) is 0 Å². The minimum absolute atomic E-state index is 0.595. The first-order valence-electron chi connectivity index (χ1n) is 2.73. The molecular formula is C5H6N2O+. The van der Waals surface area contributed by atoms with Crippen molar-refractivity contribution in [1.82, 2.24) is 5.16 Å². The Morgan fingerprint density at radius 3 is 3.12 bits per heavy atom. The first-order chi connectivity index (χ1) is 3.97. The fraction of sp³-hybridized carbons (Fsp3) is 0.600. The zero-order valence-corrected chi connectivity index (χ0v) is 4.37. The third-order valence-corrected chi connectivity index (χ3v) is 1.30. The van der Waals surface area contributed by atoms with Crippen molar-refractivity contribution >= 4 is 12.2 Å². The molecule has 3 heteroatoms. The van der Waals surface area contributed by atoms with E-state index in [-0.39, 0.29) is 0 Å². The van der Waals surface area contributed by atoms with E-state index in [0.717, 1.165) is 5.90 Å². The monoisotopic (exact) mass is 110 g/mol. The van der Waals surface area contributed by atoms with Gasteiger partial charge in [0, 0.05) is 0 Å². The van der Waals surface area contributed by atoms with Crippen molar-refractivity contribution in [1.29, 1.82) is 0 Å². The molecule has 1 radical (unpaired) electrons. The van der Waals surface area contributed by atoms with Crippen LogP contribution in [-0.2, 0) is 4.84 Å². The summed E-state index contributed by atoms with van der Waals surface area (Å²) in [6.07, 6.45) is 3.90. The van der Waals surface area contributed by atoms with Gasteiger partial charge in [0.25, 0.3) is 0 Å². The molecule has 1 aliphatic carbocycles. The third-order valence-electron chi connectivity index (χ3n) is 1.30. The summed E-state index contributed by atoms with van der Waals surface area (Å²) in [5.41, 5.74) is 0. The van der Waals surface area contributed by atoms with Gasteiger partial charge in [0.15, 0.2) is 5.16 Å². The summed E-state index contributed by atoms with van der Waals surface area (Å²) in [5, 5.41) is 3.50. The van der Waals surface area contributed by atoms with Crippen LogP contribution in [0.25, 0.3) is 0 Å². The number of aliphatic imine (C=N–C) groups is 1. The lowest BCUT2D eigenvalue weighted by atomic mass is 10.4. The molecule has 2 aliphatic rings.